The highest BCUT2D eigenvalue weighted by Gasteiger charge is 2.61. The number of carbonyl (C=O) groups is 5. The Morgan fingerprint density at radius 2 is 1.54 bits per heavy atom. The van der Waals surface area contributed by atoms with Gasteiger partial charge in [-0.15, -0.1) is 22.9 Å². The van der Waals surface area contributed by atoms with Crippen LogP contribution in [0.25, 0.3) is 0 Å². The van der Waals surface area contributed by atoms with Crippen molar-refractivity contribution in [2.24, 2.45) is 5.16 Å². The Morgan fingerprint density at radius 1 is 0.965 bits per heavy atom. The molecule has 3 amide bonds. The van der Waals surface area contributed by atoms with Gasteiger partial charge in [0.1, 0.15) is 28.3 Å². The maximum atomic E-state index is 14.0. The number of benzene rings is 2. The number of nitrogens with zero attached hydrogens (tertiary/aromatic N) is 3. The first kappa shape index (κ1) is 43.2. The van der Waals surface area contributed by atoms with Crippen molar-refractivity contribution >= 4 is 74.8 Å². The van der Waals surface area contributed by atoms with Gasteiger partial charge in [-0.2, -0.15) is 0 Å². The summed E-state index contributed by atoms with van der Waals surface area (Å²) in [5.74, 6) is -3.78. The first-order chi connectivity index (χ1) is 26.7. The molecule has 2 aromatic carbocycles. The fourth-order valence-electron chi connectivity index (χ4n) is 5.53. The normalized spacial score (nSPS) is 18.6. The van der Waals surface area contributed by atoms with Gasteiger partial charge in [-0.05, 0) is 77.7 Å². The number of nitrogens with one attached hydrogen (secondary N) is 2. The molecule has 2 aliphatic rings. The quantitative estimate of drug-likeness (QED) is 0.0440. The number of aromatic nitrogens is 1. The summed E-state index contributed by atoms with van der Waals surface area (Å²) in [5, 5.41) is 9.29. The number of esters is 2. The lowest BCUT2D eigenvalue weighted by molar-refractivity contribution is -0.179. The largest absolute Gasteiger partial charge is 0.614 e. The Hall–Kier alpha value is -4.97. The number of alkyl halides is 1. The smallest absolute Gasteiger partial charge is 0.413 e. The van der Waals surface area contributed by atoms with Crippen LogP contribution in [0, 0.1) is 0 Å². The first-order valence-electron chi connectivity index (χ1n) is 17.7. The number of thiazole rings is 1. The van der Waals surface area contributed by atoms with Crippen LogP contribution in [-0.2, 0) is 49.4 Å². The molecule has 15 nitrogen and oxygen atoms in total. The number of carbonyl (C=O) groups excluding carboxylic acids is 5. The molecule has 0 aliphatic carbocycles. The fourth-order valence-corrected chi connectivity index (χ4v) is 8.23. The molecule has 2 unspecified atom stereocenters. The van der Waals surface area contributed by atoms with Gasteiger partial charge in [0.05, 0.1) is 5.88 Å². The Balaban J connectivity index is 1.41. The second-order valence-electron chi connectivity index (χ2n) is 15.5. The fraction of sp³-hybridized carbons (Fsp3) is 0.410. The topological polar surface area (TPSA) is 198 Å². The van der Waals surface area contributed by atoms with Gasteiger partial charge in [-0.1, -0.05) is 65.8 Å². The van der Waals surface area contributed by atoms with E-state index in [-0.39, 0.29) is 33.7 Å². The van der Waals surface area contributed by atoms with Crippen molar-refractivity contribution in [3.8, 4) is 0 Å². The van der Waals surface area contributed by atoms with Crippen LogP contribution in [0.1, 0.15) is 78.3 Å². The zero-order chi connectivity index (χ0) is 41.9. The van der Waals surface area contributed by atoms with Gasteiger partial charge in [-0.25, -0.2) is 19.4 Å². The van der Waals surface area contributed by atoms with Crippen LogP contribution >= 0.6 is 22.9 Å². The number of hydrogen-bond donors (Lipinski definition) is 2. The average molecular weight is 842 g/mol. The predicted octanol–water partition coefficient (Wildman–Crippen LogP) is 5.57. The van der Waals surface area contributed by atoms with Crippen molar-refractivity contribution in [3.05, 3.63) is 94.1 Å². The van der Waals surface area contributed by atoms with Crippen molar-refractivity contribution in [2.45, 2.75) is 89.7 Å². The molecule has 0 bridgehead atoms. The SMILES string of the molecule is CC(C)(C)OC(=O)Nc1nc(/C(=N/OC(C)(C)C(=O)OC(C)(C)C)C(=O)N[C@@H]2C(=O)N3C(C(=O)OC(c4ccccc4)c4ccccc4)=C(CCl)C[S+]([O-])C23)cs1. The molecule has 18 heteroatoms. The summed E-state index contributed by atoms with van der Waals surface area (Å²) < 4.78 is 30.4. The zero-order valence-electron chi connectivity index (χ0n) is 32.6. The average Bonchev–Trinajstić information content (AvgIpc) is 3.58. The van der Waals surface area contributed by atoms with E-state index in [0.29, 0.717) is 11.1 Å². The molecule has 3 heterocycles. The monoisotopic (exact) mass is 841 g/mol. The maximum Gasteiger partial charge on any atom is 0.413 e. The maximum absolute atomic E-state index is 14.0. The van der Waals surface area contributed by atoms with E-state index in [1.54, 1.807) is 90.1 Å². The van der Waals surface area contributed by atoms with Crippen molar-refractivity contribution in [1.82, 2.24) is 15.2 Å². The third-order valence-electron chi connectivity index (χ3n) is 8.10. The highest BCUT2D eigenvalue weighted by atomic mass is 35.5. The summed E-state index contributed by atoms with van der Waals surface area (Å²) in [4.78, 5) is 78.2. The minimum atomic E-state index is -1.82. The molecule has 2 N–H and O–H groups in total. The molecule has 1 saturated heterocycles. The number of ether oxygens (including phenoxy) is 3. The van der Waals surface area contributed by atoms with Crippen LogP contribution in [0.2, 0.25) is 0 Å². The van der Waals surface area contributed by atoms with Gasteiger partial charge in [0.15, 0.2) is 23.0 Å². The van der Waals surface area contributed by atoms with E-state index in [0.717, 1.165) is 16.2 Å². The van der Waals surface area contributed by atoms with Crippen molar-refractivity contribution in [2.75, 3.05) is 16.9 Å². The van der Waals surface area contributed by atoms with E-state index in [2.05, 4.69) is 20.8 Å². The molecule has 3 atom stereocenters. The summed E-state index contributed by atoms with van der Waals surface area (Å²) in [6.07, 6.45) is -1.65. The Morgan fingerprint density at radius 3 is 2.09 bits per heavy atom. The van der Waals surface area contributed by atoms with Crippen LogP contribution in [0.4, 0.5) is 9.93 Å². The lowest BCUT2D eigenvalue weighted by Gasteiger charge is -2.49. The highest BCUT2D eigenvalue weighted by molar-refractivity contribution is 7.92. The molecule has 1 fully saturated rings. The number of fused-ring (bicyclic) bond motifs is 1. The molecule has 1 aromatic heterocycles. The highest BCUT2D eigenvalue weighted by Crippen LogP contribution is 2.39. The molecule has 3 aromatic rings. The molecule has 5 rings (SSSR count). The van der Waals surface area contributed by atoms with Gasteiger partial charge in [0.25, 0.3) is 11.8 Å². The first-order valence-corrected chi connectivity index (χ1v) is 20.5. The van der Waals surface area contributed by atoms with Gasteiger partial charge in [0, 0.05) is 11.0 Å². The Kier molecular flexibility index (Phi) is 13.1. The molecule has 2 aliphatic heterocycles. The van der Waals surface area contributed by atoms with E-state index in [9.17, 15) is 28.5 Å². The third-order valence-corrected chi connectivity index (χ3v) is 10.8. The zero-order valence-corrected chi connectivity index (χ0v) is 35.0. The van der Waals surface area contributed by atoms with E-state index in [1.807, 2.05) is 12.1 Å². The standard InChI is InChI=1S/C39H44ClN5O10S2/c1-37(2,3)53-34(49)39(7,8)55-44-26(25-20-56-35(41-25)43-36(50)54-38(4,5)6)30(46)42-27-31(47)45-28(24(19-40)21-57(51)32(27)45)33(48)52-29(22-15-11-9-12-16-22)23-17-13-10-14-18-23/h9-18,20,27,29,32H,19,21H2,1-8H3,(H,42,46)(H,41,43,50)/b44-26-/t27-,32?,57?/m1/s1. The molecule has 57 heavy (non-hydrogen) atoms. The van der Waals surface area contributed by atoms with Crippen molar-refractivity contribution in [1.29, 1.82) is 0 Å². The summed E-state index contributed by atoms with van der Waals surface area (Å²) in [6.45, 7) is 12.8. The molecular formula is C39H44ClN5O10S2. The summed E-state index contributed by atoms with van der Waals surface area (Å²) in [7, 11) is 0. The minimum absolute atomic E-state index is 0.0386. The molecule has 0 saturated carbocycles. The number of halogens is 1. The molecule has 0 spiro atoms. The minimum Gasteiger partial charge on any atom is -0.614 e. The van der Waals surface area contributed by atoms with E-state index >= 15 is 0 Å². The summed E-state index contributed by atoms with van der Waals surface area (Å²) in [5.41, 5.74) is -2.52. The molecule has 0 radical (unpaired) electrons. The van der Waals surface area contributed by atoms with Gasteiger partial charge in [-0.3, -0.25) is 19.8 Å². The number of hydrogen-bond acceptors (Lipinski definition) is 13. The number of oxime groups is 1. The summed E-state index contributed by atoms with van der Waals surface area (Å²) >= 11 is 5.37. The molecule has 304 valence electrons. The summed E-state index contributed by atoms with van der Waals surface area (Å²) in [6, 6.07) is 16.7. The third kappa shape index (κ3) is 10.5. The predicted molar refractivity (Wildman–Crippen MR) is 214 cm³/mol. The van der Waals surface area contributed by atoms with Gasteiger partial charge in [0.2, 0.25) is 11.0 Å². The van der Waals surface area contributed by atoms with E-state index < -0.39 is 81.1 Å². The van der Waals surface area contributed by atoms with Crippen molar-refractivity contribution < 1.29 is 47.6 Å². The van der Waals surface area contributed by atoms with Crippen LogP contribution < -0.4 is 10.6 Å². The Labute approximate surface area is 342 Å². The van der Waals surface area contributed by atoms with Crippen molar-refractivity contribution in [3.63, 3.8) is 0 Å². The second kappa shape index (κ2) is 17.3. The van der Waals surface area contributed by atoms with E-state index in [1.165, 1.54) is 19.2 Å². The number of rotatable bonds is 12. The lowest BCUT2D eigenvalue weighted by atomic mass is 10.0. The number of anilines is 1. The second-order valence-corrected chi connectivity index (χ2v) is 18.1. The van der Waals surface area contributed by atoms with Crippen LogP contribution in [0.5, 0.6) is 0 Å². The number of amides is 3. The van der Waals surface area contributed by atoms with Gasteiger partial charge < -0.3 is 28.9 Å². The van der Waals surface area contributed by atoms with Crippen LogP contribution in [-0.4, -0.2) is 89.8 Å². The van der Waals surface area contributed by atoms with Gasteiger partial charge >= 0.3 is 18.0 Å². The van der Waals surface area contributed by atoms with Crippen LogP contribution in [0.15, 0.2) is 82.5 Å². The molecular weight excluding hydrogens is 798 g/mol. The number of β-lactam (4-membered cyclic amide) rings is 1. The van der Waals surface area contributed by atoms with E-state index in [4.69, 9.17) is 30.6 Å². The Bertz CT molecular complexity index is 2020. The van der Waals surface area contributed by atoms with Crippen LogP contribution in [0.3, 0.4) is 0 Å². The lowest BCUT2D eigenvalue weighted by Crippen LogP contribution is -2.75.